The van der Waals surface area contributed by atoms with Crippen LogP contribution in [-0.4, -0.2) is 12.9 Å². The van der Waals surface area contributed by atoms with E-state index in [2.05, 4.69) is 33.9 Å². The van der Waals surface area contributed by atoms with Gasteiger partial charge in [0, 0.05) is 13.1 Å². The molecule has 0 fully saturated rings. The summed E-state index contributed by atoms with van der Waals surface area (Å²) in [4.78, 5) is 11.5. The molecule has 0 aliphatic rings. The number of benzene rings is 1. The summed E-state index contributed by atoms with van der Waals surface area (Å²) in [5, 5.41) is 0.138. The third-order valence-electron chi connectivity index (χ3n) is 3.94. The fraction of sp³-hybridized carbons (Fsp3) is 0.500. The molecule has 0 atom stereocenters. The van der Waals surface area contributed by atoms with E-state index < -0.39 is 8.32 Å². The van der Waals surface area contributed by atoms with Crippen LogP contribution in [0.4, 0.5) is 0 Å². The Bertz CT molecular complexity index is 661. The molecule has 2 aromatic rings. The normalized spacial score (nSPS) is 12.9. The lowest BCUT2D eigenvalue weighted by atomic mass is 10.2. The minimum Gasteiger partial charge on any atom is -0.543 e. The van der Waals surface area contributed by atoms with Gasteiger partial charge in [-0.25, -0.2) is 4.79 Å². The second kappa shape index (κ2) is 4.26. The Labute approximate surface area is 114 Å². The van der Waals surface area contributed by atoms with E-state index in [0.717, 1.165) is 11.3 Å². The number of hydrogen-bond donors (Lipinski definition) is 0. The van der Waals surface area contributed by atoms with Crippen molar-refractivity contribution in [3.63, 3.8) is 0 Å². The molecule has 2 rings (SSSR count). The van der Waals surface area contributed by atoms with Gasteiger partial charge in [-0.15, -0.1) is 0 Å². The molecular weight excluding hydrogens is 258 g/mol. The highest BCUT2D eigenvalue weighted by atomic mass is 28.4. The Morgan fingerprint density at radius 2 is 1.89 bits per heavy atom. The number of rotatable bonds is 2. The Morgan fingerprint density at radius 3 is 2.47 bits per heavy atom. The summed E-state index contributed by atoms with van der Waals surface area (Å²) in [6.45, 7) is 11.0. The maximum Gasteiger partial charge on any atom is 0.419 e. The van der Waals surface area contributed by atoms with E-state index in [1.165, 1.54) is 4.57 Å². The largest absolute Gasteiger partial charge is 0.543 e. The van der Waals surface area contributed by atoms with Crippen LogP contribution in [0.25, 0.3) is 11.1 Å². The molecule has 0 N–H and O–H groups in total. The van der Waals surface area contributed by atoms with Gasteiger partial charge in [-0.2, -0.15) is 0 Å². The van der Waals surface area contributed by atoms with Gasteiger partial charge in [-0.3, -0.25) is 4.57 Å². The summed E-state index contributed by atoms with van der Waals surface area (Å²) in [6, 6.07) is 5.57. The fourth-order valence-corrected chi connectivity index (χ4v) is 2.65. The van der Waals surface area contributed by atoms with Gasteiger partial charge < -0.3 is 8.84 Å². The predicted molar refractivity (Wildman–Crippen MR) is 79.3 cm³/mol. The molecule has 0 bridgehead atoms. The lowest BCUT2D eigenvalue weighted by Crippen LogP contribution is -2.43. The maximum absolute atomic E-state index is 11.5. The standard InChI is InChI=1S/C14H21NO3Si/c1-14(2,3)19(5,6)18-10-7-8-11-12(9-10)17-13(16)15(11)4/h7-9H,1-6H3. The Hall–Kier alpha value is -1.49. The van der Waals surface area contributed by atoms with Crippen LogP contribution < -0.4 is 10.2 Å². The van der Waals surface area contributed by atoms with Gasteiger partial charge in [0.25, 0.3) is 0 Å². The van der Waals surface area contributed by atoms with E-state index in [-0.39, 0.29) is 10.8 Å². The molecule has 1 heterocycles. The van der Waals surface area contributed by atoms with E-state index >= 15 is 0 Å². The van der Waals surface area contributed by atoms with Gasteiger partial charge in [0.15, 0.2) is 5.58 Å². The van der Waals surface area contributed by atoms with Crippen molar-refractivity contribution in [3.05, 3.63) is 28.7 Å². The summed E-state index contributed by atoms with van der Waals surface area (Å²) in [6.07, 6.45) is 0. The van der Waals surface area contributed by atoms with Gasteiger partial charge in [-0.05, 0) is 30.3 Å². The van der Waals surface area contributed by atoms with Crippen LogP contribution in [0, 0.1) is 0 Å². The molecule has 0 unspecified atom stereocenters. The first-order valence-electron chi connectivity index (χ1n) is 6.40. The van der Waals surface area contributed by atoms with Crippen LogP contribution in [0.5, 0.6) is 5.75 Å². The van der Waals surface area contributed by atoms with Crippen molar-refractivity contribution in [3.8, 4) is 5.75 Å². The second-order valence-corrected chi connectivity index (χ2v) is 11.1. The number of nitrogens with zero attached hydrogens (tertiary/aromatic N) is 1. The van der Waals surface area contributed by atoms with Crippen molar-refractivity contribution in [1.29, 1.82) is 0 Å². The molecule has 104 valence electrons. The molecular formula is C14H21NO3Si. The van der Waals surface area contributed by atoms with Crippen molar-refractivity contribution >= 4 is 19.4 Å². The molecule has 4 nitrogen and oxygen atoms in total. The summed E-state index contributed by atoms with van der Waals surface area (Å²) >= 11 is 0. The van der Waals surface area contributed by atoms with E-state index in [9.17, 15) is 4.79 Å². The van der Waals surface area contributed by atoms with E-state index in [1.807, 2.05) is 12.1 Å². The summed E-state index contributed by atoms with van der Waals surface area (Å²) < 4.78 is 12.9. The molecule has 0 saturated carbocycles. The molecule has 0 aliphatic carbocycles. The first kappa shape index (κ1) is 13.9. The number of oxazole rings is 1. The average molecular weight is 279 g/mol. The van der Waals surface area contributed by atoms with Gasteiger partial charge >= 0.3 is 5.76 Å². The Kier molecular flexibility index (Phi) is 3.13. The molecule has 0 amide bonds. The first-order chi connectivity index (χ1) is 8.62. The molecule has 0 aliphatic heterocycles. The fourth-order valence-electron chi connectivity index (χ4n) is 1.63. The van der Waals surface area contributed by atoms with E-state index in [0.29, 0.717) is 5.58 Å². The van der Waals surface area contributed by atoms with Crippen LogP contribution in [-0.2, 0) is 7.05 Å². The Balaban J connectivity index is 2.40. The minimum absolute atomic E-state index is 0.138. The second-order valence-electron chi connectivity index (χ2n) is 6.42. The summed E-state index contributed by atoms with van der Waals surface area (Å²) in [7, 11) is -0.170. The van der Waals surface area contributed by atoms with Crippen molar-refractivity contribution in [2.75, 3.05) is 0 Å². The molecule has 0 spiro atoms. The van der Waals surface area contributed by atoms with Crippen LogP contribution in [0.1, 0.15) is 20.8 Å². The van der Waals surface area contributed by atoms with Gasteiger partial charge in [0.1, 0.15) is 5.75 Å². The topological polar surface area (TPSA) is 44.4 Å². The zero-order valence-electron chi connectivity index (χ0n) is 12.4. The highest BCUT2D eigenvalue weighted by Crippen LogP contribution is 2.37. The SMILES string of the molecule is Cn1c(=O)oc2cc(O[Si](C)(C)C(C)(C)C)ccc21. The highest BCUT2D eigenvalue weighted by molar-refractivity contribution is 6.74. The average Bonchev–Trinajstić information content (AvgIpc) is 2.52. The minimum atomic E-state index is -1.87. The molecule has 0 radical (unpaired) electrons. The molecule has 1 aromatic heterocycles. The molecule has 19 heavy (non-hydrogen) atoms. The van der Waals surface area contributed by atoms with Gasteiger partial charge in [0.2, 0.25) is 8.32 Å². The van der Waals surface area contributed by atoms with Crippen LogP contribution in [0.3, 0.4) is 0 Å². The van der Waals surface area contributed by atoms with Crippen LogP contribution in [0.15, 0.2) is 27.4 Å². The number of fused-ring (bicyclic) bond motifs is 1. The van der Waals surface area contributed by atoms with Crippen LogP contribution in [0.2, 0.25) is 18.1 Å². The zero-order valence-corrected chi connectivity index (χ0v) is 13.4. The molecule has 1 aromatic carbocycles. The summed E-state index contributed by atoms with van der Waals surface area (Å²) in [5.41, 5.74) is 1.36. The van der Waals surface area contributed by atoms with Gasteiger partial charge in [0.05, 0.1) is 5.52 Å². The van der Waals surface area contributed by atoms with Crippen molar-refractivity contribution < 1.29 is 8.84 Å². The smallest absolute Gasteiger partial charge is 0.419 e. The molecule has 0 saturated heterocycles. The monoisotopic (exact) mass is 279 g/mol. The summed E-state index contributed by atoms with van der Waals surface area (Å²) in [5.74, 6) is 0.424. The number of hydrogen-bond acceptors (Lipinski definition) is 3. The van der Waals surface area contributed by atoms with Gasteiger partial charge in [-0.1, -0.05) is 20.8 Å². The highest BCUT2D eigenvalue weighted by Gasteiger charge is 2.39. The number of aromatic nitrogens is 1. The quantitative estimate of drug-likeness (QED) is 0.790. The molecule has 5 heteroatoms. The van der Waals surface area contributed by atoms with E-state index in [4.69, 9.17) is 8.84 Å². The zero-order chi connectivity index (χ0) is 14.4. The third-order valence-corrected chi connectivity index (χ3v) is 8.30. The maximum atomic E-state index is 11.5. The first-order valence-corrected chi connectivity index (χ1v) is 9.31. The predicted octanol–water partition coefficient (Wildman–Crippen LogP) is 3.52. The van der Waals surface area contributed by atoms with E-state index in [1.54, 1.807) is 13.1 Å². The lowest BCUT2D eigenvalue weighted by molar-refractivity contribution is 0.489. The Morgan fingerprint density at radius 1 is 1.26 bits per heavy atom. The number of aryl methyl sites for hydroxylation is 1. The third kappa shape index (κ3) is 2.47. The van der Waals surface area contributed by atoms with Crippen molar-refractivity contribution in [2.24, 2.45) is 7.05 Å². The van der Waals surface area contributed by atoms with Crippen molar-refractivity contribution in [2.45, 2.75) is 38.9 Å². The van der Waals surface area contributed by atoms with Crippen molar-refractivity contribution in [1.82, 2.24) is 4.57 Å². The lowest BCUT2D eigenvalue weighted by Gasteiger charge is -2.36. The van der Waals surface area contributed by atoms with Crippen LogP contribution >= 0.6 is 0 Å².